The minimum absolute atomic E-state index is 0. The third-order valence-corrected chi connectivity index (χ3v) is 8.78. The van der Waals surface area contributed by atoms with Crippen molar-refractivity contribution in [3.05, 3.63) is 120 Å². The summed E-state index contributed by atoms with van der Waals surface area (Å²) in [5, 5.41) is 2.50. The van der Waals surface area contributed by atoms with Crippen LogP contribution < -0.4 is 4.98 Å². The van der Waals surface area contributed by atoms with Gasteiger partial charge in [0.15, 0.2) is 0 Å². The fraction of sp³-hybridized carbons (Fsp3) is 0.372. The van der Waals surface area contributed by atoms with Gasteiger partial charge in [-0.1, -0.05) is 153 Å². The summed E-state index contributed by atoms with van der Waals surface area (Å²) >= 11 is 0. The molecular formula is C43H52AuN3+2. The normalized spacial score (nSPS) is 13.6. The van der Waals surface area contributed by atoms with Gasteiger partial charge in [-0.3, -0.25) is 0 Å². The number of hydrogen-bond donors (Lipinski definition) is 0. The van der Waals surface area contributed by atoms with E-state index in [1.54, 1.807) is 0 Å². The largest absolute Gasteiger partial charge is 1.00 e. The van der Waals surface area contributed by atoms with E-state index in [1.165, 1.54) is 33.0 Å². The quantitative estimate of drug-likeness (QED) is 0.129. The number of hydrogen-bond acceptors (Lipinski definition) is 0. The second-order valence-corrected chi connectivity index (χ2v) is 16.8. The standard InChI is InChI=1S/C31H44N2.C12H8N.Au/c1-28(2,3)22-15-23(29(4,5)6)18-26(17-22)32-13-14-33(21-32)27-19-24(30(7,8)9)16-25(20-27)31(10,11)12;1-3-7-11-9(5-1)10-6-2-4-8-12(10)13-11;/h13-20H,1-12H3;1-8H;/q+2;-1;+1. The van der Waals surface area contributed by atoms with Crippen LogP contribution in [0.4, 0.5) is 11.4 Å². The molecule has 6 rings (SSSR count). The van der Waals surface area contributed by atoms with Crippen molar-refractivity contribution < 1.29 is 31.5 Å². The summed E-state index contributed by atoms with van der Waals surface area (Å²) in [4.78, 5) is 4.52. The molecule has 4 heteroatoms. The predicted octanol–water partition coefficient (Wildman–Crippen LogP) is 11.5. The third kappa shape index (κ3) is 8.34. The van der Waals surface area contributed by atoms with Crippen molar-refractivity contribution in [2.75, 3.05) is 0 Å². The van der Waals surface area contributed by atoms with Crippen LogP contribution in [0.3, 0.4) is 0 Å². The molecular weight excluding hydrogens is 755 g/mol. The molecule has 5 aromatic rings. The molecule has 0 spiro atoms. The van der Waals surface area contributed by atoms with Gasteiger partial charge in [-0.2, -0.15) is 0 Å². The van der Waals surface area contributed by atoms with Crippen LogP contribution in [-0.4, -0.2) is 15.2 Å². The average molecular weight is 808 g/mol. The summed E-state index contributed by atoms with van der Waals surface area (Å²) in [6, 6.07) is 34.0. The number of aromatic nitrogens is 1. The molecule has 0 saturated carbocycles. The van der Waals surface area contributed by atoms with Gasteiger partial charge in [0.2, 0.25) is 11.4 Å². The van der Waals surface area contributed by atoms with E-state index in [9.17, 15) is 0 Å². The first-order valence-electron chi connectivity index (χ1n) is 16.6. The van der Waals surface area contributed by atoms with Gasteiger partial charge >= 0.3 is 28.4 Å². The van der Waals surface area contributed by atoms with E-state index in [1.807, 2.05) is 12.1 Å². The molecule has 47 heavy (non-hydrogen) atoms. The van der Waals surface area contributed by atoms with Gasteiger partial charge in [0.25, 0.3) is 12.4 Å². The second kappa shape index (κ2) is 13.2. The first kappa shape index (κ1) is 36.4. The fourth-order valence-corrected chi connectivity index (χ4v) is 5.56. The smallest absolute Gasteiger partial charge is 0.657 e. The maximum absolute atomic E-state index is 4.52. The fourth-order valence-electron chi connectivity index (χ4n) is 5.56. The van der Waals surface area contributed by atoms with Crippen molar-refractivity contribution in [1.29, 1.82) is 0 Å². The Morgan fingerprint density at radius 3 is 1.04 bits per heavy atom. The van der Waals surface area contributed by atoms with Crippen LogP contribution >= 0.6 is 0 Å². The van der Waals surface area contributed by atoms with Gasteiger partial charge in [-0.25, -0.2) is 0 Å². The van der Waals surface area contributed by atoms with Gasteiger partial charge in [-0.15, -0.1) is 11.0 Å². The Morgan fingerprint density at radius 2 is 0.745 bits per heavy atom. The van der Waals surface area contributed by atoms with Crippen LogP contribution in [0, 0.1) is 0 Å². The Morgan fingerprint density at radius 1 is 0.447 bits per heavy atom. The van der Waals surface area contributed by atoms with Crippen molar-refractivity contribution in [3.8, 4) is 0 Å². The molecule has 0 fully saturated rings. The Hall–Kier alpha value is -3.46. The monoisotopic (exact) mass is 807 g/mol. The maximum Gasteiger partial charge on any atom is 1.00 e. The van der Waals surface area contributed by atoms with Crippen molar-refractivity contribution in [2.45, 2.75) is 105 Å². The van der Waals surface area contributed by atoms with E-state index in [2.05, 4.69) is 188 Å². The van der Waals surface area contributed by atoms with Crippen molar-refractivity contribution in [2.24, 2.45) is 0 Å². The number of nitrogens with zero attached hydrogens (tertiary/aromatic N) is 3. The summed E-state index contributed by atoms with van der Waals surface area (Å²) in [7, 11) is 0. The van der Waals surface area contributed by atoms with Crippen LogP contribution in [-0.2, 0) is 44.0 Å². The molecule has 0 radical (unpaired) electrons. The van der Waals surface area contributed by atoms with Crippen LogP contribution in [0.15, 0.2) is 97.3 Å². The molecule has 0 bridgehead atoms. The molecule has 2 heterocycles. The van der Waals surface area contributed by atoms with Crippen molar-refractivity contribution in [1.82, 2.24) is 4.98 Å². The van der Waals surface area contributed by atoms with E-state index in [0.717, 1.165) is 22.4 Å². The summed E-state index contributed by atoms with van der Waals surface area (Å²) in [5.74, 6) is 0. The summed E-state index contributed by atoms with van der Waals surface area (Å²) in [6.45, 7) is 27.4. The zero-order chi connectivity index (χ0) is 33.7. The molecule has 248 valence electrons. The van der Waals surface area contributed by atoms with E-state index in [4.69, 9.17) is 0 Å². The van der Waals surface area contributed by atoms with E-state index in [-0.39, 0.29) is 44.0 Å². The minimum Gasteiger partial charge on any atom is -0.657 e. The van der Waals surface area contributed by atoms with Crippen molar-refractivity contribution in [3.63, 3.8) is 0 Å². The Kier molecular flexibility index (Phi) is 10.2. The van der Waals surface area contributed by atoms with Gasteiger partial charge in [-0.05, 0) is 54.7 Å². The number of benzene rings is 4. The molecule has 0 N–H and O–H groups in total. The summed E-state index contributed by atoms with van der Waals surface area (Å²) < 4.78 is 4.26. The topological polar surface area (TPSA) is 20.1 Å². The van der Waals surface area contributed by atoms with Crippen LogP contribution in [0.1, 0.15) is 105 Å². The minimum atomic E-state index is 0. The van der Waals surface area contributed by atoms with Gasteiger partial charge in [0.05, 0.1) is 0 Å². The van der Waals surface area contributed by atoms with E-state index >= 15 is 0 Å². The SMILES string of the molecule is CC(C)(C)c1cc([N+]2=C=[N+](c3cc(C(C)(C)C)cc(C(C)(C)C)c3)C=C2)cc(C(C)(C)C)c1.[Au+].c1ccc2c(c1)[n-]c1ccccc12. The first-order valence-corrected chi connectivity index (χ1v) is 16.6. The molecule has 1 aromatic heterocycles. The van der Waals surface area contributed by atoms with Gasteiger partial charge < -0.3 is 4.98 Å². The molecule has 4 aromatic carbocycles. The molecule has 1 aliphatic rings. The third-order valence-electron chi connectivity index (χ3n) is 8.78. The van der Waals surface area contributed by atoms with Crippen molar-refractivity contribution >= 4 is 39.2 Å². The van der Waals surface area contributed by atoms with Crippen LogP contribution in [0.25, 0.3) is 21.8 Å². The van der Waals surface area contributed by atoms with Gasteiger partial charge in [0.1, 0.15) is 0 Å². The Labute approximate surface area is 298 Å². The number of rotatable bonds is 2. The predicted molar refractivity (Wildman–Crippen MR) is 196 cm³/mol. The number of para-hydroxylation sites is 2. The summed E-state index contributed by atoms with van der Waals surface area (Å²) in [5.41, 5.74) is 10.2. The summed E-state index contributed by atoms with van der Waals surface area (Å²) in [6.07, 6.45) is 4.24. The van der Waals surface area contributed by atoms with Gasteiger partial charge in [0, 0.05) is 24.3 Å². The van der Waals surface area contributed by atoms with E-state index in [0.29, 0.717) is 0 Å². The van der Waals surface area contributed by atoms with Crippen LogP contribution in [0.5, 0.6) is 0 Å². The zero-order valence-corrected chi connectivity index (χ0v) is 32.5. The molecule has 0 atom stereocenters. The molecule has 0 unspecified atom stereocenters. The second-order valence-electron chi connectivity index (χ2n) is 16.8. The molecule has 0 saturated heterocycles. The Balaban J connectivity index is 0.000000294. The molecule has 0 amide bonds. The molecule has 1 aliphatic heterocycles. The average Bonchev–Trinajstić information content (AvgIpc) is 3.61. The van der Waals surface area contributed by atoms with E-state index < -0.39 is 0 Å². The van der Waals surface area contributed by atoms with Crippen LogP contribution in [0.2, 0.25) is 0 Å². The Bertz CT molecular complexity index is 1800. The first-order chi connectivity index (χ1) is 21.3. The molecule has 0 aliphatic carbocycles. The zero-order valence-electron chi connectivity index (χ0n) is 30.4. The maximum atomic E-state index is 4.52. The molecule has 3 nitrogen and oxygen atoms in total. The number of fused-ring (bicyclic) bond motifs is 3.